The summed E-state index contributed by atoms with van der Waals surface area (Å²) in [6.45, 7) is 5.34. The molecule has 3 nitrogen and oxygen atoms in total. The molecule has 56 valence electrons. The van der Waals surface area contributed by atoms with Gasteiger partial charge in [0.15, 0.2) is 0 Å². The minimum absolute atomic E-state index is 0.533. The highest BCUT2D eigenvalue weighted by Crippen LogP contribution is 2.12. The van der Waals surface area contributed by atoms with Gasteiger partial charge in [0.1, 0.15) is 0 Å². The van der Waals surface area contributed by atoms with Crippen LogP contribution in [-0.2, 0) is 15.2 Å². The summed E-state index contributed by atoms with van der Waals surface area (Å²) < 4.78 is 24.5. The third kappa shape index (κ3) is 4.42. The van der Waals surface area contributed by atoms with Crippen molar-refractivity contribution in [3.63, 3.8) is 0 Å². The average molecular weight is 152 g/mol. The van der Waals surface area contributed by atoms with Crippen LogP contribution >= 0.6 is 0 Å². The molecule has 0 radical (unpaired) electrons. The Morgan fingerprint density at radius 3 is 2.00 bits per heavy atom. The van der Waals surface area contributed by atoms with Gasteiger partial charge in [-0.05, 0) is 20.3 Å². The first kappa shape index (κ1) is 8.91. The van der Waals surface area contributed by atoms with Crippen LogP contribution in [0.1, 0.15) is 27.2 Å². The van der Waals surface area contributed by atoms with E-state index in [1.54, 1.807) is 13.8 Å². The molecule has 0 unspecified atom stereocenters. The minimum atomic E-state index is -2.69. The first-order chi connectivity index (χ1) is 3.98. The molecular weight excluding hydrogens is 140 g/mol. The maximum atomic E-state index is 9.99. The second kappa shape index (κ2) is 3.17. The summed E-state index contributed by atoms with van der Waals surface area (Å²) in [4.78, 5) is 0. The zero-order valence-corrected chi connectivity index (χ0v) is 6.77. The van der Waals surface area contributed by atoms with Gasteiger partial charge in [-0.3, -0.25) is 4.18 Å². The van der Waals surface area contributed by atoms with E-state index in [2.05, 4.69) is 4.18 Å². The molecule has 4 heteroatoms. The summed E-state index contributed by atoms with van der Waals surface area (Å²) in [5, 5.41) is 0. The van der Waals surface area contributed by atoms with E-state index in [1.807, 2.05) is 6.92 Å². The fourth-order valence-electron chi connectivity index (χ4n) is 0.266. The van der Waals surface area contributed by atoms with Gasteiger partial charge < -0.3 is 0 Å². The third-order valence-electron chi connectivity index (χ3n) is 1.17. The Labute approximate surface area is 57.2 Å². The fraction of sp³-hybridized carbons (Fsp3) is 1.00. The molecule has 0 aliphatic carbocycles. The van der Waals surface area contributed by atoms with Crippen molar-refractivity contribution in [3.8, 4) is 0 Å². The number of hydrogen-bond donors (Lipinski definition) is 1. The molecule has 9 heavy (non-hydrogen) atoms. The summed E-state index contributed by atoms with van der Waals surface area (Å²) >= 11 is 0. The number of rotatable bonds is 3. The predicted molar refractivity (Wildman–Crippen MR) is 35.8 cm³/mol. The van der Waals surface area contributed by atoms with E-state index in [9.17, 15) is 8.42 Å². The largest absolute Gasteiger partial charge is 0.266 e. The highest BCUT2D eigenvalue weighted by atomic mass is 32.2. The SMILES string of the molecule is CCC(C)(C)O[SH](=O)=O. The highest BCUT2D eigenvalue weighted by molar-refractivity contribution is 7.67. The van der Waals surface area contributed by atoms with E-state index < -0.39 is 16.6 Å². The van der Waals surface area contributed by atoms with Gasteiger partial charge in [-0.1, -0.05) is 6.92 Å². The lowest BCUT2D eigenvalue weighted by molar-refractivity contribution is 0.121. The molecule has 0 atom stereocenters. The van der Waals surface area contributed by atoms with Crippen molar-refractivity contribution in [2.45, 2.75) is 32.8 Å². The Balaban J connectivity index is 3.86. The number of thiol groups is 1. The smallest absolute Gasteiger partial charge is 0.257 e. The molecule has 0 aliphatic rings. The first-order valence-electron chi connectivity index (χ1n) is 2.81. The van der Waals surface area contributed by atoms with Gasteiger partial charge in [0.2, 0.25) is 0 Å². The Morgan fingerprint density at radius 2 is 1.89 bits per heavy atom. The average Bonchev–Trinajstić information content (AvgIpc) is 1.63. The van der Waals surface area contributed by atoms with E-state index in [0.717, 1.165) is 0 Å². The van der Waals surface area contributed by atoms with Crippen LogP contribution in [-0.4, -0.2) is 14.0 Å². The van der Waals surface area contributed by atoms with Crippen molar-refractivity contribution < 1.29 is 12.6 Å². The minimum Gasteiger partial charge on any atom is -0.266 e. The van der Waals surface area contributed by atoms with E-state index in [4.69, 9.17) is 0 Å². The molecule has 0 rings (SSSR count). The second-order valence-corrected chi connectivity index (χ2v) is 3.06. The van der Waals surface area contributed by atoms with E-state index >= 15 is 0 Å². The van der Waals surface area contributed by atoms with Crippen molar-refractivity contribution in [2.24, 2.45) is 0 Å². The molecule has 0 aromatic rings. The molecule has 0 amide bonds. The lowest BCUT2D eigenvalue weighted by atomic mass is 10.1. The summed E-state index contributed by atoms with van der Waals surface area (Å²) in [5.41, 5.74) is -0.533. The standard InChI is InChI=1S/C5H12O3S/c1-4-5(2,3)8-9(6)7/h9H,4H2,1-3H3. The Bertz CT molecular complexity index is 140. The molecule has 0 N–H and O–H groups in total. The van der Waals surface area contributed by atoms with Gasteiger partial charge >= 0.3 is 0 Å². The Hall–Kier alpha value is -0.0900. The maximum Gasteiger partial charge on any atom is 0.257 e. The molecule has 0 spiro atoms. The normalized spacial score (nSPS) is 12.4. The molecule has 0 aromatic heterocycles. The van der Waals surface area contributed by atoms with Crippen molar-refractivity contribution in [1.82, 2.24) is 0 Å². The van der Waals surface area contributed by atoms with Crippen LogP contribution in [0.5, 0.6) is 0 Å². The van der Waals surface area contributed by atoms with Crippen molar-refractivity contribution >= 4 is 11.0 Å². The fourth-order valence-corrected chi connectivity index (χ4v) is 0.799. The molecule has 0 bridgehead atoms. The molecule has 0 aliphatic heterocycles. The molecule has 0 heterocycles. The lowest BCUT2D eigenvalue weighted by Crippen LogP contribution is -2.21. The van der Waals surface area contributed by atoms with Gasteiger partial charge in [0.05, 0.1) is 5.60 Å². The van der Waals surface area contributed by atoms with Crippen LogP contribution in [0.15, 0.2) is 0 Å². The van der Waals surface area contributed by atoms with Crippen LogP contribution in [0.25, 0.3) is 0 Å². The summed E-state index contributed by atoms with van der Waals surface area (Å²) in [5.74, 6) is 0. The van der Waals surface area contributed by atoms with E-state index in [-0.39, 0.29) is 0 Å². The molecule has 0 saturated carbocycles. The quantitative estimate of drug-likeness (QED) is 0.606. The maximum absolute atomic E-state index is 9.99. The lowest BCUT2D eigenvalue weighted by Gasteiger charge is -2.17. The summed E-state index contributed by atoms with van der Waals surface area (Å²) in [7, 11) is -2.69. The number of hydrogen-bond acceptors (Lipinski definition) is 3. The predicted octanol–water partition coefficient (Wildman–Crippen LogP) is 0.718. The highest BCUT2D eigenvalue weighted by Gasteiger charge is 2.16. The van der Waals surface area contributed by atoms with Crippen LogP contribution < -0.4 is 0 Å². The van der Waals surface area contributed by atoms with Crippen molar-refractivity contribution in [3.05, 3.63) is 0 Å². The zero-order chi connectivity index (χ0) is 7.49. The van der Waals surface area contributed by atoms with Gasteiger partial charge in [-0.15, -0.1) is 0 Å². The van der Waals surface area contributed by atoms with Gasteiger partial charge in [0, 0.05) is 0 Å². The Kier molecular flexibility index (Phi) is 3.14. The monoisotopic (exact) mass is 152 g/mol. The topological polar surface area (TPSA) is 43.4 Å². The zero-order valence-electron chi connectivity index (χ0n) is 5.88. The summed E-state index contributed by atoms with van der Waals surface area (Å²) in [6, 6.07) is 0. The van der Waals surface area contributed by atoms with Crippen LogP contribution in [0.2, 0.25) is 0 Å². The van der Waals surface area contributed by atoms with Crippen LogP contribution in [0.3, 0.4) is 0 Å². The molecule has 0 fully saturated rings. The van der Waals surface area contributed by atoms with Crippen LogP contribution in [0, 0.1) is 0 Å². The van der Waals surface area contributed by atoms with Gasteiger partial charge in [-0.25, -0.2) is 8.42 Å². The van der Waals surface area contributed by atoms with E-state index in [1.165, 1.54) is 0 Å². The third-order valence-corrected chi connectivity index (χ3v) is 1.82. The first-order valence-corrected chi connectivity index (χ1v) is 3.91. The molecular formula is C5H12O3S. The van der Waals surface area contributed by atoms with Gasteiger partial charge in [0.25, 0.3) is 11.0 Å². The van der Waals surface area contributed by atoms with Crippen LogP contribution in [0.4, 0.5) is 0 Å². The van der Waals surface area contributed by atoms with Gasteiger partial charge in [-0.2, -0.15) is 0 Å². The van der Waals surface area contributed by atoms with Crippen molar-refractivity contribution in [2.75, 3.05) is 0 Å². The van der Waals surface area contributed by atoms with E-state index in [0.29, 0.717) is 6.42 Å². The Morgan fingerprint density at radius 1 is 1.44 bits per heavy atom. The molecule has 0 saturated heterocycles. The summed E-state index contributed by atoms with van der Waals surface area (Å²) in [6.07, 6.45) is 0.691. The van der Waals surface area contributed by atoms with Crippen molar-refractivity contribution in [1.29, 1.82) is 0 Å². The molecule has 0 aromatic carbocycles. The second-order valence-electron chi connectivity index (χ2n) is 2.43.